The standard InChI is InChI=1S/C27H22N4O2/c32-26(23-15-21-13-7-8-14-24(21)29-27(23)33)28-16-22-18-31(17-19-9-3-1-4-10-19)30-25(22)20-11-5-2-6-12-20/h1-15,18H,16-17H2,(H,28,32)(H,29,33). The molecule has 0 fully saturated rings. The van der Waals surface area contributed by atoms with Crippen molar-refractivity contribution in [2.45, 2.75) is 13.1 Å². The van der Waals surface area contributed by atoms with Crippen molar-refractivity contribution in [2.24, 2.45) is 0 Å². The Labute approximate surface area is 190 Å². The van der Waals surface area contributed by atoms with Crippen LogP contribution in [0.4, 0.5) is 0 Å². The molecule has 162 valence electrons. The molecule has 0 aliphatic rings. The van der Waals surface area contributed by atoms with Crippen LogP contribution in [-0.4, -0.2) is 20.7 Å². The number of aromatic amines is 1. The highest BCUT2D eigenvalue weighted by molar-refractivity contribution is 5.97. The Morgan fingerprint density at radius 1 is 0.909 bits per heavy atom. The first kappa shape index (κ1) is 20.5. The van der Waals surface area contributed by atoms with E-state index in [2.05, 4.69) is 22.4 Å². The number of amides is 1. The minimum Gasteiger partial charge on any atom is -0.348 e. The van der Waals surface area contributed by atoms with Gasteiger partial charge in [0.1, 0.15) is 5.56 Å². The van der Waals surface area contributed by atoms with E-state index in [0.717, 1.165) is 27.8 Å². The van der Waals surface area contributed by atoms with E-state index < -0.39 is 11.5 Å². The number of carbonyl (C=O) groups excluding carboxylic acids is 1. The summed E-state index contributed by atoms with van der Waals surface area (Å²) < 4.78 is 1.88. The zero-order valence-electron chi connectivity index (χ0n) is 17.9. The van der Waals surface area contributed by atoms with Gasteiger partial charge >= 0.3 is 0 Å². The zero-order valence-corrected chi connectivity index (χ0v) is 17.9. The van der Waals surface area contributed by atoms with Gasteiger partial charge in [-0.2, -0.15) is 5.10 Å². The second-order valence-electron chi connectivity index (χ2n) is 7.83. The summed E-state index contributed by atoms with van der Waals surface area (Å²) in [7, 11) is 0. The number of H-pyrrole nitrogens is 1. The highest BCUT2D eigenvalue weighted by atomic mass is 16.2. The number of hydrogen-bond donors (Lipinski definition) is 2. The fourth-order valence-corrected chi connectivity index (χ4v) is 3.87. The Hall–Kier alpha value is -4.45. The van der Waals surface area contributed by atoms with E-state index in [4.69, 9.17) is 5.10 Å². The number of carbonyl (C=O) groups is 1. The van der Waals surface area contributed by atoms with Crippen LogP contribution < -0.4 is 10.9 Å². The second-order valence-corrected chi connectivity index (χ2v) is 7.83. The largest absolute Gasteiger partial charge is 0.348 e. The van der Waals surface area contributed by atoms with Gasteiger partial charge in [0.25, 0.3) is 11.5 Å². The number of pyridine rings is 1. The first-order valence-electron chi connectivity index (χ1n) is 10.7. The fraction of sp³-hybridized carbons (Fsp3) is 0.0741. The van der Waals surface area contributed by atoms with Gasteiger partial charge in [0.2, 0.25) is 0 Å². The van der Waals surface area contributed by atoms with Crippen LogP contribution in [0.1, 0.15) is 21.5 Å². The van der Waals surface area contributed by atoms with E-state index in [9.17, 15) is 9.59 Å². The SMILES string of the molecule is O=C(NCc1cn(Cc2ccccc2)nc1-c1ccccc1)c1cc2ccccc2[nH]c1=O. The number of benzene rings is 3. The van der Waals surface area contributed by atoms with E-state index >= 15 is 0 Å². The van der Waals surface area contributed by atoms with Gasteiger partial charge in [0.15, 0.2) is 0 Å². The molecule has 6 nitrogen and oxygen atoms in total. The van der Waals surface area contributed by atoms with Crippen molar-refractivity contribution in [3.63, 3.8) is 0 Å². The van der Waals surface area contributed by atoms with Gasteiger partial charge in [0.05, 0.1) is 12.2 Å². The van der Waals surface area contributed by atoms with Crippen LogP contribution in [0.15, 0.2) is 102 Å². The maximum Gasteiger partial charge on any atom is 0.261 e. The van der Waals surface area contributed by atoms with Crippen molar-refractivity contribution in [3.05, 3.63) is 124 Å². The molecule has 5 rings (SSSR count). The molecule has 3 aromatic carbocycles. The van der Waals surface area contributed by atoms with Crippen molar-refractivity contribution < 1.29 is 4.79 Å². The summed E-state index contributed by atoms with van der Waals surface area (Å²) in [6.07, 6.45) is 1.94. The lowest BCUT2D eigenvalue weighted by Gasteiger charge is -2.06. The molecule has 0 aliphatic carbocycles. The third-order valence-corrected chi connectivity index (χ3v) is 5.51. The molecular weight excluding hydrogens is 412 g/mol. The second kappa shape index (κ2) is 8.96. The predicted octanol–water partition coefficient (Wildman–Crippen LogP) is 4.37. The first-order chi connectivity index (χ1) is 16.2. The molecule has 2 N–H and O–H groups in total. The summed E-state index contributed by atoms with van der Waals surface area (Å²) in [5, 5.41) is 8.49. The number of rotatable bonds is 6. The van der Waals surface area contributed by atoms with E-state index in [1.807, 2.05) is 83.7 Å². The number of hydrogen-bond acceptors (Lipinski definition) is 3. The molecule has 2 aromatic heterocycles. The van der Waals surface area contributed by atoms with Crippen LogP contribution >= 0.6 is 0 Å². The molecule has 0 aliphatic heterocycles. The number of nitrogens with one attached hydrogen (secondary N) is 2. The molecule has 0 radical (unpaired) electrons. The Morgan fingerprint density at radius 3 is 2.39 bits per heavy atom. The lowest BCUT2D eigenvalue weighted by molar-refractivity contribution is 0.0949. The molecule has 33 heavy (non-hydrogen) atoms. The lowest BCUT2D eigenvalue weighted by atomic mass is 10.1. The fourth-order valence-electron chi connectivity index (χ4n) is 3.87. The molecule has 5 aromatic rings. The Kier molecular flexibility index (Phi) is 5.55. The monoisotopic (exact) mass is 434 g/mol. The smallest absolute Gasteiger partial charge is 0.261 e. The Balaban J connectivity index is 1.42. The lowest BCUT2D eigenvalue weighted by Crippen LogP contribution is -2.29. The van der Waals surface area contributed by atoms with E-state index in [1.54, 1.807) is 6.07 Å². The van der Waals surface area contributed by atoms with E-state index in [-0.39, 0.29) is 12.1 Å². The summed E-state index contributed by atoms with van der Waals surface area (Å²) in [5.74, 6) is -0.420. The molecule has 0 saturated carbocycles. The summed E-state index contributed by atoms with van der Waals surface area (Å²) in [4.78, 5) is 28.1. The van der Waals surface area contributed by atoms with Gasteiger partial charge < -0.3 is 10.3 Å². The van der Waals surface area contributed by atoms with Crippen molar-refractivity contribution >= 4 is 16.8 Å². The number of aromatic nitrogens is 3. The molecule has 0 spiro atoms. The van der Waals surface area contributed by atoms with Crippen LogP contribution in [0.25, 0.3) is 22.2 Å². The van der Waals surface area contributed by atoms with Crippen LogP contribution in [-0.2, 0) is 13.1 Å². The number of nitrogens with zero attached hydrogens (tertiary/aromatic N) is 2. The zero-order chi connectivity index (χ0) is 22.6. The minimum atomic E-state index is -0.420. The normalized spacial score (nSPS) is 10.9. The Morgan fingerprint density at radius 2 is 1.61 bits per heavy atom. The maximum atomic E-state index is 12.9. The first-order valence-corrected chi connectivity index (χ1v) is 10.7. The average Bonchev–Trinajstić information content (AvgIpc) is 3.25. The maximum absolute atomic E-state index is 12.9. The molecule has 2 heterocycles. The molecular formula is C27H22N4O2. The van der Waals surface area contributed by atoms with Crippen LogP contribution in [0.2, 0.25) is 0 Å². The van der Waals surface area contributed by atoms with Gasteiger partial charge in [-0.25, -0.2) is 0 Å². The van der Waals surface area contributed by atoms with E-state index in [0.29, 0.717) is 12.1 Å². The Bertz CT molecular complexity index is 1470. The van der Waals surface area contributed by atoms with Gasteiger partial charge in [-0.1, -0.05) is 78.9 Å². The molecule has 0 bridgehead atoms. The van der Waals surface area contributed by atoms with Crippen LogP contribution in [0.5, 0.6) is 0 Å². The third kappa shape index (κ3) is 4.45. The van der Waals surface area contributed by atoms with E-state index in [1.165, 1.54) is 0 Å². The predicted molar refractivity (Wildman–Crippen MR) is 129 cm³/mol. The van der Waals surface area contributed by atoms with Crippen LogP contribution in [0, 0.1) is 0 Å². The molecule has 6 heteroatoms. The van der Waals surface area contributed by atoms with Gasteiger partial charge in [-0.15, -0.1) is 0 Å². The summed E-state index contributed by atoms with van der Waals surface area (Å²) in [5.41, 5.74) is 4.17. The van der Waals surface area contributed by atoms with Crippen molar-refractivity contribution in [1.29, 1.82) is 0 Å². The van der Waals surface area contributed by atoms with Gasteiger partial charge in [-0.05, 0) is 23.1 Å². The summed E-state index contributed by atoms with van der Waals surface area (Å²) in [6, 6.07) is 29.0. The average molecular weight is 434 g/mol. The number of para-hydroxylation sites is 1. The third-order valence-electron chi connectivity index (χ3n) is 5.51. The molecule has 0 atom stereocenters. The summed E-state index contributed by atoms with van der Waals surface area (Å²) in [6.45, 7) is 0.878. The number of fused-ring (bicyclic) bond motifs is 1. The topological polar surface area (TPSA) is 79.8 Å². The molecule has 0 saturated heterocycles. The van der Waals surface area contributed by atoms with Crippen LogP contribution in [0.3, 0.4) is 0 Å². The summed E-state index contributed by atoms with van der Waals surface area (Å²) >= 11 is 0. The quantitative estimate of drug-likeness (QED) is 0.417. The minimum absolute atomic E-state index is 0.0895. The molecule has 1 amide bonds. The van der Waals surface area contributed by atoms with Gasteiger partial charge in [-0.3, -0.25) is 14.3 Å². The molecule has 0 unspecified atom stereocenters. The van der Waals surface area contributed by atoms with Crippen molar-refractivity contribution in [1.82, 2.24) is 20.1 Å². The highest BCUT2D eigenvalue weighted by Crippen LogP contribution is 2.22. The highest BCUT2D eigenvalue weighted by Gasteiger charge is 2.15. The van der Waals surface area contributed by atoms with Crippen molar-refractivity contribution in [2.75, 3.05) is 0 Å². The van der Waals surface area contributed by atoms with Crippen molar-refractivity contribution in [3.8, 4) is 11.3 Å². The van der Waals surface area contributed by atoms with Gasteiger partial charge in [0, 0.05) is 29.4 Å².